The summed E-state index contributed by atoms with van der Waals surface area (Å²) in [6.45, 7) is 2.13. The van der Waals surface area contributed by atoms with Crippen LogP contribution in [0.4, 0.5) is 5.82 Å². The summed E-state index contributed by atoms with van der Waals surface area (Å²) in [4.78, 5) is 14.2. The van der Waals surface area contributed by atoms with Crippen LogP contribution in [0.15, 0.2) is 6.20 Å². The fraction of sp³-hybridized carbons (Fsp3) is 0.700. The molecule has 1 aromatic heterocycles. The van der Waals surface area contributed by atoms with Gasteiger partial charge in [-0.15, -0.1) is 23.2 Å². The van der Waals surface area contributed by atoms with Crippen LogP contribution in [0.25, 0.3) is 0 Å². The molecule has 0 amide bonds. The van der Waals surface area contributed by atoms with Crippen molar-refractivity contribution in [3.05, 3.63) is 22.1 Å². The second-order valence-corrected chi connectivity index (χ2v) is 6.99. The zero-order chi connectivity index (χ0) is 16.8. The second kappa shape index (κ2) is 8.81. The number of imidazole rings is 1. The molecule has 12 heteroatoms. The van der Waals surface area contributed by atoms with E-state index in [4.69, 9.17) is 27.7 Å². The summed E-state index contributed by atoms with van der Waals surface area (Å²) in [6, 6.07) is 0. The Bertz CT molecular complexity index is 543. The number of hydrogen-bond donors (Lipinski definition) is 2. The Labute approximate surface area is 138 Å². The zero-order valence-corrected chi connectivity index (χ0v) is 14.6. The fourth-order valence-corrected chi connectivity index (χ4v) is 3.81. The minimum absolute atomic E-state index is 0.178. The molecule has 9 nitrogen and oxygen atoms in total. The van der Waals surface area contributed by atoms with Gasteiger partial charge in [0.05, 0.1) is 7.05 Å². The van der Waals surface area contributed by atoms with Crippen molar-refractivity contribution in [2.75, 3.05) is 24.8 Å². The first-order valence-corrected chi connectivity index (χ1v) is 9.10. The van der Waals surface area contributed by atoms with Crippen molar-refractivity contribution in [2.24, 2.45) is 7.05 Å². The lowest BCUT2D eigenvalue weighted by Gasteiger charge is -2.22. The molecule has 1 heterocycles. The Morgan fingerprint density at radius 3 is 2.41 bits per heavy atom. The summed E-state index contributed by atoms with van der Waals surface area (Å²) in [5, 5.41) is 16.2. The molecule has 0 saturated heterocycles. The first-order valence-electron chi connectivity index (χ1n) is 6.41. The number of rotatable bonds is 10. The number of hydrogen-bond acceptors (Lipinski definition) is 5. The molecule has 0 radical (unpaired) electrons. The van der Waals surface area contributed by atoms with Gasteiger partial charge >= 0.3 is 13.5 Å². The minimum Gasteiger partial charge on any atom is -0.358 e. The highest BCUT2D eigenvalue weighted by atomic mass is 35.5. The van der Waals surface area contributed by atoms with E-state index in [0.29, 0.717) is 0 Å². The van der Waals surface area contributed by atoms with Crippen LogP contribution in [0, 0.1) is 10.1 Å². The SMILES string of the molecule is CC(OP(=O)(NCCCl)NCCCl)c1ncc([N+](=O)[O-])n1C. The van der Waals surface area contributed by atoms with Crippen LogP contribution in [0.3, 0.4) is 0 Å². The Morgan fingerprint density at radius 1 is 1.45 bits per heavy atom. The van der Waals surface area contributed by atoms with E-state index >= 15 is 0 Å². The van der Waals surface area contributed by atoms with Gasteiger partial charge in [0.15, 0.2) is 0 Å². The van der Waals surface area contributed by atoms with Crippen molar-refractivity contribution in [3.63, 3.8) is 0 Å². The van der Waals surface area contributed by atoms with Crippen LogP contribution in [0.5, 0.6) is 0 Å². The van der Waals surface area contributed by atoms with E-state index in [0.717, 1.165) is 6.20 Å². The summed E-state index contributed by atoms with van der Waals surface area (Å²) < 4.78 is 19.4. The molecule has 2 N–H and O–H groups in total. The summed E-state index contributed by atoms with van der Waals surface area (Å²) in [5.41, 5.74) is 0. The first kappa shape index (κ1) is 19.3. The van der Waals surface area contributed by atoms with Gasteiger partial charge in [-0.2, -0.15) is 0 Å². The largest absolute Gasteiger partial charge is 0.358 e. The molecule has 1 atom stereocenters. The lowest BCUT2D eigenvalue weighted by molar-refractivity contribution is -0.391. The van der Waals surface area contributed by atoms with Crippen LogP contribution in [0.1, 0.15) is 18.9 Å². The van der Waals surface area contributed by atoms with E-state index in [2.05, 4.69) is 15.2 Å². The van der Waals surface area contributed by atoms with Crippen molar-refractivity contribution < 1.29 is 14.0 Å². The summed E-state index contributed by atoms with van der Waals surface area (Å²) in [7, 11) is -1.91. The monoisotopic (exact) mass is 373 g/mol. The number of nitrogens with one attached hydrogen (secondary N) is 2. The molecule has 0 saturated carbocycles. The lowest BCUT2D eigenvalue weighted by atomic mass is 10.4. The molecule has 0 aromatic carbocycles. The van der Waals surface area contributed by atoms with E-state index in [1.54, 1.807) is 6.92 Å². The van der Waals surface area contributed by atoms with Gasteiger partial charge in [0.1, 0.15) is 12.3 Å². The molecule has 0 spiro atoms. The summed E-state index contributed by atoms with van der Waals surface area (Å²) in [5.74, 6) is 0.603. The predicted molar refractivity (Wildman–Crippen MR) is 84.4 cm³/mol. The van der Waals surface area contributed by atoms with E-state index in [9.17, 15) is 14.7 Å². The lowest BCUT2D eigenvalue weighted by Crippen LogP contribution is -2.28. The molecule has 126 valence electrons. The highest BCUT2D eigenvalue weighted by Gasteiger charge is 2.30. The predicted octanol–water partition coefficient (Wildman–Crippen LogP) is 2.17. The molecule has 1 aromatic rings. The van der Waals surface area contributed by atoms with Gasteiger partial charge in [-0.05, 0) is 11.8 Å². The Morgan fingerprint density at radius 2 is 2.00 bits per heavy atom. The molecule has 22 heavy (non-hydrogen) atoms. The molecule has 0 aliphatic rings. The Kier molecular flexibility index (Phi) is 7.75. The van der Waals surface area contributed by atoms with Gasteiger partial charge in [-0.3, -0.25) is 9.09 Å². The third kappa shape index (κ3) is 5.19. The van der Waals surface area contributed by atoms with Crippen molar-refractivity contribution in [2.45, 2.75) is 13.0 Å². The zero-order valence-electron chi connectivity index (χ0n) is 12.2. The average Bonchev–Trinajstić information content (AvgIpc) is 2.85. The molecular formula is C10H18Cl2N5O4P. The Hall–Kier alpha value is -0.700. The van der Waals surface area contributed by atoms with Gasteiger partial charge < -0.3 is 10.1 Å². The van der Waals surface area contributed by atoms with Gasteiger partial charge in [-0.25, -0.2) is 19.7 Å². The van der Waals surface area contributed by atoms with Gasteiger partial charge in [0, 0.05) is 24.8 Å². The number of nitro groups is 1. The molecule has 0 fully saturated rings. The third-order valence-electron chi connectivity index (χ3n) is 2.69. The van der Waals surface area contributed by atoms with Crippen molar-refractivity contribution in [1.29, 1.82) is 0 Å². The van der Waals surface area contributed by atoms with Gasteiger partial charge in [0.2, 0.25) is 5.82 Å². The van der Waals surface area contributed by atoms with E-state index in [1.807, 2.05) is 0 Å². The second-order valence-electron chi connectivity index (χ2n) is 4.28. The average molecular weight is 374 g/mol. The van der Waals surface area contributed by atoms with E-state index < -0.39 is 18.7 Å². The van der Waals surface area contributed by atoms with Crippen LogP contribution in [-0.2, 0) is 16.1 Å². The molecule has 1 unspecified atom stereocenters. The highest BCUT2D eigenvalue weighted by molar-refractivity contribution is 7.54. The number of nitrogens with zero attached hydrogens (tertiary/aromatic N) is 3. The third-order valence-corrected chi connectivity index (χ3v) is 4.96. The molecule has 1 rings (SSSR count). The quantitative estimate of drug-likeness (QED) is 0.279. The van der Waals surface area contributed by atoms with Gasteiger partial charge in [0.25, 0.3) is 0 Å². The van der Waals surface area contributed by atoms with Crippen molar-refractivity contribution in [1.82, 2.24) is 19.7 Å². The van der Waals surface area contributed by atoms with Crippen molar-refractivity contribution >= 4 is 36.7 Å². The first-order chi connectivity index (χ1) is 10.3. The normalized spacial score (nSPS) is 13.3. The smallest absolute Gasteiger partial charge is 0.342 e. The number of halogens is 2. The van der Waals surface area contributed by atoms with Crippen LogP contribution >= 0.6 is 30.9 Å². The Balaban J connectivity index is 2.88. The fourth-order valence-electron chi connectivity index (χ4n) is 1.74. The summed E-state index contributed by atoms with van der Waals surface area (Å²) >= 11 is 11.1. The number of aromatic nitrogens is 2. The molecule has 0 aliphatic heterocycles. The maximum absolute atomic E-state index is 12.6. The van der Waals surface area contributed by atoms with Gasteiger partial charge in [-0.1, -0.05) is 0 Å². The van der Waals surface area contributed by atoms with Crippen LogP contribution < -0.4 is 10.2 Å². The van der Waals surface area contributed by atoms with Crippen molar-refractivity contribution in [3.8, 4) is 0 Å². The highest BCUT2D eigenvalue weighted by Crippen LogP contribution is 2.42. The van der Waals surface area contributed by atoms with Crippen LogP contribution in [-0.4, -0.2) is 39.3 Å². The topological polar surface area (TPSA) is 111 Å². The summed E-state index contributed by atoms with van der Waals surface area (Å²) in [6.07, 6.45) is 0.383. The molecule has 0 bridgehead atoms. The minimum atomic E-state index is -3.40. The van der Waals surface area contributed by atoms with Crippen LogP contribution in [0.2, 0.25) is 0 Å². The maximum Gasteiger partial charge on any atom is 0.342 e. The van der Waals surface area contributed by atoms with E-state index in [-0.39, 0.29) is 36.5 Å². The maximum atomic E-state index is 12.6. The standard InChI is InChI=1S/C10H18Cl2N5O4P/c1-8(10-13-7-9(16(10)2)17(18)19)21-22(20,14-5-3-11)15-6-4-12/h7-8H,3-6H2,1-2H3,(H2,14,15,20). The molecular weight excluding hydrogens is 356 g/mol. The van der Waals surface area contributed by atoms with E-state index in [1.165, 1.54) is 11.6 Å². The molecule has 0 aliphatic carbocycles. The number of alkyl halides is 2.